The van der Waals surface area contributed by atoms with Gasteiger partial charge in [-0.25, -0.2) is 0 Å². The van der Waals surface area contributed by atoms with Crippen LogP contribution in [0.5, 0.6) is 0 Å². The van der Waals surface area contributed by atoms with Crippen LogP contribution in [0.15, 0.2) is 48.5 Å². The van der Waals surface area contributed by atoms with Gasteiger partial charge in [0.25, 0.3) is 11.8 Å². The third-order valence-electron chi connectivity index (χ3n) is 6.15. The highest BCUT2D eigenvalue weighted by molar-refractivity contribution is 5.95. The first kappa shape index (κ1) is 20.1. The summed E-state index contributed by atoms with van der Waals surface area (Å²) in [6, 6.07) is 16.4. The Morgan fingerprint density at radius 2 is 1.77 bits per heavy atom. The van der Waals surface area contributed by atoms with Crippen molar-refractivity contribution >= 4 is 11.8 Å². The fourth-order valence-corrected chi connectivity index (χ4v) is 4.67. The van der Waals surface area contributed by atoms with Crippen molar-refractivity contribution in [3.63, 3.8) is 0 Å². The van der Waals surface area contributed by atoms with Crippen molar-refractivity contribution < 1.29 is 14.7 Å². The van der Waals surface area contributed by atoms with Crippen LogP contribution in [0.25, 0.3) is 0 Å². The van der Waals surface area contributed by atoms with Gasteiger partial charge < -0.3 is 14.9 Å². The van der Waals surface area contributed by atoms with Gasteiger partial charge in [0, 0.05) is 36.8 Å². The van der Waals surface area contributed by atoms with E-state index < -0.39 is 0 Å². The molecule has 2 fully saturated rings. The van der Waals surface area contributed by atoms with Crippen LogP contribution in [-0.4, -0.2) is 52.0 Å². The van der Waals surface area contributed by atoms with E-state index in [-0.39, 0.29) is 30.0 Å². The summed E-state index contributed by atoms with van der Waals surface area (Å²) in [7, 11) is 1.72. The van der Waals surface area contributed by atoms with E-state index in [0.717, 1.165) is 18.4 Å². The van der Waals surface area contributed by atoms with Crippen LogP contribution in [0.3, 0.4) is 0 Å². The number of piperidine rings is 1. The van der Waals surface area contributed by atoms with Gasteiger partial charge in [0.15, 0.2) is 0 Å². The van der Waals surface area contributed by atoms with Crippen molar-refractivity contribution in [3.8, 4) is 6.07 Å². The maximum atomic E-state index is 13.0. The number of fused-ring (bicyclic) bond motifs is 2. The zero-order valence-electron chi connectivity index (χ0n) is 17.0. The molecule has 2 atom stereocenters. The minimum Gasteiger partial charge on any atom is -0.393 e. The van der Waals surface area contributed by atoms with Crippen LogP contribution >= 0.6 is 0 Å². The largest absolute Gasteiger partial charge is 0.393 e. The number of nitriles is 1. The summed E-state index contributed by atoms with van der Waals surface area (Å²) in [6.07, 6.45) is 2.97. The summed E-state index contributed by atoms with van der Waals surface area (Å²) in [5.41, 5.74) is 2.50. The second-order valence-electron chi connectivity index (χ2n) is 8.27. The number of nitrogens with zero attached hydrogens (tertiary/aromatic N) is 3. The van der Waals surface area contributed by atoms with Crippen molar-refractivity contribution in [2.24, 2.45) is 0 Å². The summed E-state index contributed by atoms with van der Waals surface area (Å²) < 4.78 is 0. The van der Waals surface area contributed by atoms with Crippen molar-refractivity contribution in [1.29, 1.82) is 5.26 Å². The van der Waals surface area contributed by atoms with Gasteiger partial charge in [-0.1, -0.05) is 18.2 Å². The van der Waals surface area contributed by atoms with Gasteiger partial charge in [-0.3, -0.25) is 9.59 Å². The van der Waals surface area contributed by atoms with Crippen LogP contribution in [0.4, 0.5) is 0 Å². The summed E-state index contributed by atoms with van der Waals surface area (Å²) in [5, 5.41) is 19.0. The van der Waals surface area contributed by atoms with E-state index in [9.17, 15) is 14.7 Å². The first-order valence-corrected chi connectivity index (χ1v) is 10.3. The molecule has 0 spiro atoms. The summed E-state index contributed by atoms with van der Waals surface area (Å²) >= 11 is 0. The molecular formula is C24H25N3O3. The number of carbonyl (C=O) groups excluding carboxylic acids is 2. The normalized spacial score (nSPS) is 22.4. The molecular weight excluding hydrogens is 378 g/mol. The number of rotatable bonds is 4. The molecule has 6 heteroatoms. The molecule has 0 saturated carbocycles. The SMILES string of the molecule is CN(Cc1ccc(C(=O)N2C3CCC2CC(O)C3)cc1)C(=O)c1cccc(C#N)c1. The standard InChI is InChI=1S/C24H25N3O3/c1-26(23(29)19-4-2-3-17(11-19)14-25)15-16-5-7-18(8-6-16)24(30)27-20-9-10-21(27)13-22(28)12-20/h2-8,11,20-22,28H,9-10,12-13,15H2,1H3. The zero-order valence-corrected chi connectivity index (χ0v) is 17.0. The van der Waals surface area contributed by atoms with Crippen LogP contribution in [0, 0.1) is 11.3 Å². The third kappa shape index (κ3) is 3.94. The molecule has 1 N–H and O–H groups in total. The second-order valence-corrected chi connectivity index (χ2v) is 8.27. The second kappa shape index (κ2) is 8.29. The average molecular weight is 403 g/mol. The lowest BCUT2D eigenvalue weighted by atomic mass is 9.98. The fraction of sp³-hybridized carbons (Fsp3) is 0.375. The van der Waals surface area contributed by atoms with Gasteiger partial charge in [0.1, 0.15) is 0 Å². The molecule has 2 aromatic rings. The van der Waals surface area contributed by atoms with Gasteiger partial charge in [0.05, 0.1) is 17.7 Å². The Morgan fingerprint density at radius 1 is 1.10 bits per heavy atom. The average Bonchev–Trinajstić information content (AvgIpc) is 3.04. The summed E-state index contributed by atoms with van der Waals surface area (Å²) in [5.74, 6) is -0.130. The van der Waals surface area contributed by atoms with E-state index in [1.807, 2.05) is 35.2 Å². The number of hydrogen-bond acceptors (Lipinski definition) is 4. The maximum Gasteiger partial charge on any atom is 0.254 e. The van der Waals surface area contributed by atoms with E-state index in [1.165, 1.54) is 0 Å². The number of hydrogen-bond donors (Lipinski definition) is 1. The molecule has 30 heavy (non-hydrogen) atoms. The highest BCUT2D eigenvalue weighted by atomic mass is 16.3. The number of carbonyl (C=O) groups is 2. The lowest BCUT2D eigenvalue weighted by Crippen LogP contribution is -2.48. The van der Waals surface area contributed by atoms with E-state index in [4.69, 9.17) is 5.26 Å². The van der Waals surface area contributed by atoms with Crippen molar-refractivity contribution in [3.05, 3.63) is 70.8 Å². The van der Waals surface area contributed by atoms with Gasteiger partial charge in [-0.15, -0.1) is 0 Å². The predicted octanol–water partition coefficient (Wildman–Crippen LogP) is 2.96. The highest BCUT2D eigenvalue weighted by Crippen LogP contribution is 2.36. The minimum absolute atomic E-state index is 0.0266. The van der Waals surface area contributed by atoms with Crippen molar-refractivity contribution in [1.82, 2.24) is 9.80 Å². The van der Waals surface area contributed by atoms with Gasteiger partial charge in [-0.05, 0) is 61.6 Å². The number of amides is 2. The maximum absolute atomic E-state index is 13.0. The van der Waals surface area contributed by atoms with E-state index >= 15 is 0 Å². The quantitative estimate of drug-likeness (QED) is 0.851. The molecule has 2 aliphatic rings. The zero-order chi connectivity index (χ0) is 21.3. The Balaban J connectivity index is 1.42. The highest BCUT2D eigenvalue weighted by Gasteiger charge is 2.42. The van der Waals surface area contributed by atoms with Crippen molar-refractivity contribution in [2.45, 2.75) is 50.4 Å². The Hall–Kier alpha value is -3.17. The fourth-order valence-electron chi connectivity index (χ4n) is 4.67. The first-order chi connectivity index (χ1) is 14.5. The van der Waals surface area contributed by atoms with E-state index in [2.05, 4.69) is 0 Å². The summed E-state index contributed by atoms with van der Waals surface area (Å²) in [4.78, 5) is 29.2. The molecule has 0 aliphatic carbocycles. The van der Waals surface area contributed by atoms with Crippen LogP contribution < -0.4 is 0 Å². The molecule has 2 bridgehead atoms. The molecule has 2 aliphatic heterocycles. The van der Waals surface area contributed by atoms with Gasteiger partial charge >= 0.3 is 0 Å². The molecule has 2 unspecified atom stereocenters. The Morgan fingerprint density at radius 3 is 2.40 bits per heavy atom. The molecule has 6 nitrogen and oxygen atoms in total. The molecule has 2 heterocycles. The molecule has 154 valence electrons. The Labute approximate surface area is 176 Å². The molecule has 4 rings (SSSR count). The molecule has 2 amide bonds. The van der Waals surface area contributed by atoms with Gasteiger partial charge in [0.2, 0.25) is 0 Å². The Kier molecular flexibility index (Phi) is 5.56. The predicted molar refractivity (Wildman–Crippen MR) is 112 cm³/mol. The topological polar surface area (TPSA) is 84.6 Å². The Bertz CT molecular complexity index is 982. The van der Waals surface area contributed by atoms with Crippen LogP contribution in [-0.2, 0) is 6.54 Å². The summed E-state index contributed by atoms with van der Waals surface area (Å²) in [6.45, 7) is 0.408. The van der Waals surface area contributed by atoms with E-state index in [0.29, 0.717) is 36.1 Å². The lowest BCUT2D eigenvalue weighted by Gasteiger charge is -2.37. The number of aliphatic hydroxyl groups is 1. The number of benzene rings is 2. The first-order valence-electron chi connectivity index (χ1n) is 10.3. The monoisotopic (exact) mass is 403 g/mol. The van der Waals surface area contributed by atoms with E-state index in [1.54, 1.807) is 36.2 Å². The molecule has 0 aromatic heterocycles. The van der Waals surface area contributed by atoms with Crippen LogP contribution in [0.2, 0.25) is 0 Å². The minimum atomic E-state index is -0.296. The third-order valence-corrected chi connectivity index (χ3v) is 6.15. The smallest absolute Gasteiger partial charge is 0.254 e. The molecule has 2 aromatic carbocycles. The molecule has 0 radical (unpaired) electrons. The number of aliphatic hydroxyl groups excluding tert-OH is 1. The lowest BCUT2D eigenvalue weighted by molar-refractivity contribution is 0.0286. The molecule has 2 saturated heterocycles. The van der Waals surface area contributed by atoms with Crippen molar-refractivity contribution in [2.75, 3.05) is 7.05 Å². The van der Waals surface area contributed by atoms with Crippen LogP contribution in [0.1, 0.15) is 57.5 Å². The van der Waals surface area contributed by atoms with Gasteiger partial charge in [-0.2, -0.15) is 5.26 Å².